The van der Waals surface area contributed by atoms with Crippen molar-refractivity contribution >= 4 is 23.6 Å². The molecule has 1 unspecified atom stereocenters. The number of hydrogen-bond acceptors (Lipinski definition) is 4. The van der Waals surface area contributed by atoms with Gasteiger partial charge in [0.1, 0.15) is 6.04 Å². The highest BCUT2D eigenvalue weighted by Crippen LogP contribution is 2.32. The number of benzene rings is 2. The molecule has 5 heteroatoms. The molecule has 2 aromatic carbocycles. The van der Waals surface area contributed by atoms with Crippen LogP contribution >= 0.6 is 11.8 Å². The molecule has 0 radical (unpaired) electrons. The van der Waals surface area contributed by atoms with Crippen molar-refractivity contribution in [2.24, 2.45) is 0 Å². The largest absolute Gasteiger partial charge is 0.467 e. The maximum absolute atomic E-state index is 12.5. The summed E-state index contributed by atoms with van der Waals surface area (Å²) >= 11 is 1.61. The van der Waals surface area contributed by atoms with Gasteiger partial charge in [-0.05, 0) is 31.5 Å². The average molecular weight is 357 g/mol. The van der Waals surface area contributed by atoms with Crippen molar-refractivity contribution in [1.29, 1.82) is 0 Å². The predicted octanol–water partition coefficient (Wildman–Crippen LogP) is 3.67. The summed E-state index contributed by atoms with van der Waals surface area (Å²) in [6.45, 7) is 3.88. The van der Waals surface area contributed by atoms with Gasteiger partial charge >= 0.3 is 5.97 Å². The van der Waals surface area contributed by atoms with E-state index in [0.29, 0.717) is 5.56 Å². The lowest BCUT2D eigenvalue weighted by Gasteiger charge is -2.32. The fourth-order valence-corrected chi connectivity index (χ4v) is 3.42. The van der Waals surface area contributed by atoms with Crippen molar-refractivity contribution in [3.8, 4) is 0 Å². The van der Waals surface area contributed by atoms with Gasteiger partial charge in [0.05, 0.1) is 7.11 Å². The number of carbonyl (C=O) groups is 2. The van der Waals surface area contributed by atoms with E-state index in [9.17, 15) is 9.59 Å². The molecular formula is C20H23NO3S. The molecule has 0 spiro atoms. The van der Waals surface area contributed by atoms with E-state index in [-0.39, 0.29) is 5.91 Å². The third-order valence-corrected chi connectivity index (χ3v) is 5.35. The van der Waals surface area contributed by atoms with Crippen molar-refractivity contribution in [3.05, 3.63) is 71.8 Å². The monoisotopic (exact) mass is 357 g/mol. The number of hydrogen-bond donors (Lipinski definition) is 1. The molecule has 1 atom stereocenters. The zero-order valence-corrected chi connectivity index (χ0v) is 15.5. The molecule has 2 rings (SSSR count). The van der Waals surface area contributed by atoms with Crippen LogP contribution in [0.4, 0.5) is 0 Å². The zero-order valence-electron chi connectivity index (χ0n) is 14.7. The van der Waals surface area contributed by atoms with E-state index >= 15 is 0 Å². The second-order valence-corrected chi connectivity index (χ2v) is 7.80. The van der Waals surface area contributed by atoms with E-state index in [4.69, 9.17) is 4.74 Å². The van der Waals surface area contributed by atoms with E-state index in [1.165, 1.54) is 12.7 Å². The Balaban J connectivity index is 2.12. The van der Waals surface area contributed by atoms with Gasteiger partial charge < -0.3 is 10.1 Å². The summed E-state index contributed by atoms with van der Waals surface area (Å²) in [5.41, 5.74) is 1.68. The number of carbonyl (C=O) groups excluding carboxylic acids is 2. The first-order valence-electron chi connectivity index (χ1n) is 8.05. The summed E-state index contributed by atoms with van der Waals surface area (Å²) in [5.74, 6) is 0.00181. The average Bonchev–Trinajstić information content (AvgIpc) is 2.65. The SMILES string of the molecule is COC(=O)C(NC(=O)c1ccccc1)C(C)(C)SCc1ccccc1. The Labute approximate surface area is 153 Å². The van der Waals surface area contributed by atoms with Crippen LogP contribution < -0.4 is 5.32 Å². The number of thioether (sulfide) groups is 1. The molecule has 1 N–H and O–H groups in total. The normalized spacial score (nSPS) is 12.3. The Morgan fingerprint density at radius 2 is 1.60 bits per heavy atom. The highest BCUT2D eigenvalue weighted by atomic mass is 32.2. The first kappa shape index (κ1) is 19.1. The Bertz CT molecular complexity index is 701. The molecule has 0 heterocycles. The summed E-state index contributed by atoms with van der Waals surface area (Å²) in [4.78, 5) is 24.8. The van der Waals surface area contributed by atoms with Gasteiger partial charge in [-0.15, -0.1) is 11.8 Å². The van der Waals surface area contributed by atoms with Crippen LogP contribution in [0.25, 0.3) is 0 Å². The van der Waals surface area contributed by atoms with E-state index in [1.54, 1.807) is 36.0 Å². The summed E-state index contributed by atoms with van der Waals surface area (Å²) in [5, 5.41) is 2.83. The Kier molecular flexibility index (Phi) is 6.65. The van der Waals surface area contributed by atoms with Crippen molar-refractivity contribution in [3.63, 3.8) is 0 Å². The maximum atomic E-state index is 12.5. The minimum absolute atomic E-state index is 0.288. The number of nitrogens with one attached hydrogen (secondary N) is 1. The third-order valence-electron chi connectivity index (χ3n) is 3.90. The van der Waals surface area contributed by atoms with Gasteiger partial charge in [0.15, 0.2) is 0 Å². The number of ether oxygens (including phenoxy) is 1. The predicted molar refractivity (Wildman–Crippen MR) is 102 cm³/mol. The lowest BCUT2D eigenvalue weighted by molar-refractivity contribution is -0.143. The highest BCUT2D eigenvalue weighted by molar-refractivity contribution is 7.99. The zero-order chi connectivity index (χ0) is 18.3. The van der Waals surface area contributed by atoms with Crippen LogP contribution in [0.5, 0.6) is 0 Å². The van der Waals surface area contributed by atoms with Gasteiger partial charge in [-0.25, -0.2) is 4.79 Å². The molecule has 0 saturated heterocycles. The number of esters is 1. The van der Waals surface area contributed by atoms with Gasteiger partial charge in [-0.1, -0.05) is 48.5 Å². The van der Waals surface area contributed by atoms with E-state index in [0.717, 1.165) is 5.75 Å². The molecule has 4 nitrogen and oxygen atoms in total. The molecular weight excluding hydrogens is 334 g/mol. The fourth-order valence-electron chi connectivity index (χ4n) is 2.37. The van der Waals surface area contributed by atoms with Crippen LogP contribution in [-0.2, 0) is 15.3 Å². The Morgan fingerprint density at radius 1 is 1.04 bits per heavy atom. The Hall–Kier alpha value is -2.27. The van der Waals surface area contributed by atoms with Crippen LogP contribution in [0.2, 0.25) is 0 Å². The summed E-state index contributed by atoms with van der Waals surface area (Å²) in [7, 11) is 1.34. The molecule has 25 heavy (non-hydrogen) atoms. The lowest BCUT2D eigenvalue weighted by Crippen LogP contribution is -2.53. The number of amides is 1. The summed E-state index contributed by atoms with van der Waals surface area (Å²) in [6, 6.07) is 18.1. The third kappa shape index (κ3) is 5.36. The lowest BCUT2D eigenvalue weighted by atomic mass is 10.0. The van der Waals surface area contributed by atoms with Crippen molar-refractivity contribution in [1.82, 2.24) is 5.32 Å². The maximum Gasteiger partial charge on any atom is 0.329 e. The van der Waals surface area contributed by atoms with Gasteiger partial charge in [-0.2, -0.15) is 0 Å². The molecule has 0 aromatic heterocycles. The van der Waals surface area contributed by atoms with Crippen LogP contribution in [0.1, 0.15) is 29.8 Å². The standard InChI is InChI=1S/C20H23NO3S/c1-20(2,25-14-15-10-6-4-7-11-15)17(19(23)24-3)21-18(22)16-12-8-5-9-13-16/h4-13,17H,14H2,1-3H3,(H,21,22). The van der Waals surface area contributed by atoms with E-state index < -0.39 is 16.8 Å². The van der Waals surface area contributed by atoms with Gasteiger partial charge in [0, 0.05) is 16.1 Å². The quantitative estimate of drug-likeness (QED) is 0.768. The molecule has 132 valence electrons. The van der Waals surface area contributed by atoms with Crippen LogP contribution in [0, 0.1) is 0 Å². The molecule has 0 saturated carbocycles. The number of rotatable bonds is 7. The molecule has 0 fully saturated rings. The van der Waals surface area contributed by atoms with Gasteiger partial charge in [0.25, 0.3) is 5.91 Å². The summed E-state index contributed by atoms with van der Waals surface area (Å²) in [6.07, 6.45) is 0. The topological polar surface area (TPSA) is 55.4 Å². The van der Waals surface area contributed by atoms with Crippen LogP contribution in [-0.4, -0.2) is 29.8 Å². The van der Waals surface area contributed by atoms with Crippen LogP contribution in [0.3, 0.4) is 0 Å². The molecule has 2 aromatic rings. The minimum atomic E-state index is -0.751. The van der Waals surface area contributed by atoms with E-state index in [2.05, 4.69) is 5.32 Å². The van der Waals surface area contributed by atoms with E-state index in [1.807, 2.05) is 50.2 Å². The summed E-state index contributed by atoms with van der Waals surface area (Å²) < 4.78 is 4.39. The second kappa shape index (κ2) is 8.72. The molecule has 0 bridgehead atoms. The van der Waals surface area contributed by atoms with Crippen LogP contribution in [0.15, 0.2) is 60.7 Å². The fraction of sp³-hybridized carbons (Fsp3) is 0.300. The molecule has 1 amide bonds. The van der Waals surface area contributed by atoms with Crippen molar-refractivity contribution < 1.29 is 14.3 Å². The van der Waals surface area contributed by atoms with Crippen molar-refractivity contribution in [2.75, 3.05) is 7.11 Å². The first-order chi connectivity index (χ1) is 11.9. The second-order valence-electron chi connectivity index (χ2n) is 6.17. The van der Waals surface area contributed by atoms with Crippen molar-refractivity contribution in [2.45, 2.75) is 30.4 Å². The smallest absolute Gasteiger partial charge is 0.329 e. The molecule has 0 aliphatic rings. The highest BCUT2D eigenvalue weighted by Gasteiger charge is 2.38. The Morgan fingerprint density at radius 3 is 2.16 bits per heavy atom. The minimum Gasteiger partial charge on any atom is -0.467 e. The molecule has 0 aliphatic heterocycles. The molecule has 0 aliphatic carbocycles. The number of methoxy groups -OCH3 is 1. The van der Waals surface area contributed by atoms with Gasteiger partial charge in [-0.3, -0.25) is 4.79 Å². The van der Waals surface area contributed by atoms with Gasteiger partial charge in [0.2, 0.25) is 0 Å². The first-order valence-corrected chi connectivity index (χ1v) is 9.04.